The van der Waals surface area contributed by atoms with E-state index in [4.69, 9.17) is 0 Å². The second-order valence-corrected chi connectivity index (χ2v) is 11.5. The van der Waals surface area contributed by atoms with Gasteiger partial charge >= 0.3 is 0 Å². The van der Waals surface area contributed by atoms with Crippen molar-refractivity contribution in [3.8, 4) is 0 Å². The molecule has 2 nitrogen and oxygen atoms in total. The molecular weight excluding hydrogens is 378 g/mol. The smallest absolute Gasteiger partial charge is 0.156 e. The molecule has 2 saturated carbocycles. The van der Waals surface area contributed by atoms with Crippen molar-refractivity contribution in [2.45, 2.75) is 65.8 Å². The number of ketones is 1. The molecule has 31 heavy (non-hydrogen) atoms. The monoisotopic (exact) mass is 417 g/mol. The van der Waals surface area contributed by atoms with Crippen LogP contribution in [0.15, 0.2) is 54.1 Å². The Morgan fingerprint density at radius 1 is 1.06 bits per heavy atom. The number of carbonyl (C=O) groups is 1. The average Bonchev–Trinajstić information content (AvgIpc) is 3.12. The quantitative estimate of drug-likeness (QED) is 0.606. The standard InChI is InChI=1S/C29H39NO/c1-20(18-30-19-21-7-5-4-6-8-21)25-11-12-26-24-10-9-22-17-23(31)13-15-28(22,2)27(24)14-16-29(25,26)3/h4-10,17,20,24-27,30H,11-16,18-19H2,1-3H3/t20-,24+,25-,26+,27+,28+,29-/m1/s1. The Bertz CT molecular complexity index is 885. The summed E-state index contributed by atoms with van der Waals surface area (Å²) in [5.74, 6) is 4.08. The molecule has 0 heterocycles. The van der Waals surface area contributed by atoms with Crippen LogP contribution >= 0.6 is 0 Å². The van der Waals surface area contributed by atoms with E-state index in [1.165, 1.54) is 36.8 Å². The fourth-order valence-electron chi connectivity index (χ4n) is 8.15. The van der Waals surface area contributed by atoms with Crippen molar-refractivity contribution >= 4 is 5.78 Å². The van der Waals surface area contributed by atoms with Gasteiger partial charge in [0, 0.05) is 13.0 Å². The lowest BCUT2D eigenvalue weighted by Crippen LogP contribution is -2.49. The van der Waals surface area contributed by atoms with Gasteiger partial charge < -0.3 is 5.32 Å². The first-order valence-corrected chi connectivity index (χ1v) is 12.6. The number of hydrogen-bond acceptors (Lipinski definition) is 2. The first-order valence-electron chi connectivity index (χ1n) is 12.6. The zero-order valence-electron chi connectivity index (χ0n) is 19.6. The zero-order valence-corrected chi connectivity index (χ0v) is 19.6. The average molecular weight is 418 g/mol. The van der Waals surface area contributed by atoms with Gasteiger partial charge in [-0.05, 0) is 96.3 Å². The van der Waals surface area contributed by atoms with Gasteiger partial charge in [-0.1, -0.05) is 63.3 Å². The van der Waals surface area contributed by atoms with Crippen molar-refractivity contribution in [3.63, 3.8) is 0 Å². The molecule has 1 N–H and O–H groups in total. The molecule has 0 spiro atoms. The van der Waals surface area contributed by atoms with Gasteiger partial charge in [0.2, 0.25) is 0 Å². The summed E-state index contributed by atoms with van der Waals surface area (Å²) in [5.41, 5.74) is 3.37. The number of hydrogen-bond donors (Lipinski definition) is 1. The molecule has 1 aromatic carbocycles. The van der Waals surface area contributed by atoms with Gasteiger partial charge in [-0.2, -0.15) is 0 Å². The third-order valence-electron chi connectivity index (χ3n) is 9.91. The Balaban J connectivity index is 1.29. The van der Waals surface area contributed by atoms with E-state index in [2.05, 4.69) is 68.6 Å². The number of rotatable bonds is 5. The largest absolute Gasteiger partial charge is 0.312 e. The third kappa shape index (κ3) is 3.55. The van der Waals surface area contributed by atoms with Crippen LogP contribution in [0.3, 0.4) is 0 Å². The molecule has 4 aliphatic carbocycles. The number of benzene rings is 1. The van der Waals surface area contributed by atoms with Gasteiger partial charge in [0.1, 0.15) is 0 Å². The molecule has 2 fully saturated rings. The van der Waals surface area contributed by atoms with Crippen LogP contribution in [-0.4, -0.2) is 12.3 Å². The van der Waals surface area contributed by atoms with Gasteiger partial charge in [0.05, 0.1) is 0 Å². The van der Waals surface area contributed by atoms with E-state index >= 15 is 0 Å². The summed E-state index contributed by atoms with van der Waals surface area (Å²) in [4.78, 5) is 12.0. The molecule has 7 atom stereocenters. The molecule has 2 heteroatoms. The molecule has 1 aromatic rings. The van der Waals surface area contributed by atoms with Crippen LogP contribution in [0.5, 0.6) is 0 Å². The number of fused-ring (bicyclic) bond motifs is 5. The fourth-order valence-corrected chi connectivity index (χ4v) is 8.15. The number of allylic oxidation sites excluding steroid dienone is 4. The summed E-state index contributed by atoms with van der Waals surface area (Å²) >= 11 is 0. The molecule has 0 aliphatic heterocycles. The second-order valence-electron chi connectivity index (χ2n) is 11.5. The van der Waals surface area contributed by atoms with Gasteiger partial charge in [0.15, 0.2) is 5.78 Å². The molecule has 0 aromatic heterocycles. The SMILES string of the molecule is C[C@H](CNCc1ccccc1)[C@H]1CC[C@H]2[C@@H]3C=CC4=CC(=O)CC[C@]4(C)[C@H]3CC[C@]12C. The maximum atomic E-state index is 12.0. The minimum Gasteiger partial charge on any atom is -0.312 e. The molecule has 0 unspecified atom stereocenters. The summed E-state index contributed by atoms with van der Waals surface area (Å²) in [6.07, 6.45) is 14.0. The normalized spacial score (nSPS) is 40.0. The van der Waals surface area contributed by atoms with Gasteiger partial charge in [-0.3, -0.25) is 4.79 Å². The zero-order chi connectivity index (χ0) is 21.6. The van der Waals surface area contributed by atoms with Crippen molar-refractivity contribution in [1.82, 2.24) is 5.32 Å². The summed E-state index contributed by atoms with van der Waals surface area (Å²) in [6, 6.07) is 10.8. The Hall–Kier alpha value is -1.67. The molecule has 0 saturated heterocycles. The lowest BCUT2D eigenvalue weighted by Gasteiger charge is -2.56. The van der Waals surface area contributed by atoms with Gasteiger partial charge in [0.25, 0.3) is 0 Å². The highest BCUT2D eigenvalue weighted by Crippen LogP contribution is 2.66. The predicted octanol–water partition coefficient (Wildman–Crippen LogP) is 6.34. The van der Waals surface area contributed by atoms with Gasteiger partial charge in [-0.15, -0.1) is 0 Å². The Kier molecular flexibility index (Phi) is 5.49. The molecule has 0 radical (unpaired) electrons. The molecule has 4 aliphatic rings. The van der Waals surface area contributed by atoms with Crippen molar-refractivity contribution in [2.75, 3.05) is 6.54 Å². The van der Waals surface area contributed by atoms with Crippen LogP contribution in [0.2, 0.25) is 0 Å². The highest BCUT2D eigenvalue weighted by Gasteiger charge is 2.58. The number of carbonyl (C=O) groups excluding carboxylic acids is 1. The second kappa shape index (κ2) is 8.03. The molecule has 0 bridgehead atoms. The van der Waals surface area contributed by atoms with Crippen LogP contribution in [0, 0.1) is 40.4 Å². The third-order valence-corrected chi connectivity index (χ3v) is 9.91. The summed E-state index contributed by atoms with van der Waals surface area (Å²) in [6.45, 7) is 9.63. The van der Waals surface area contributed by atoms with Crippen LogP contribution in [-0.2, 0) is 11.3 Å². The summed E-state index contributed by atoms with van der Waals surface area (Å²) < 4.78 is 0. The van der Waals surface area contributed by atoms with E-state index in [9.17, 15) is 4.79 Å². The lowest BCUT2D eigenvalue weighted by molar-refractivity contribution is -0.116. The Morgan fingerprint density at radius 3 is 2.68 bits per heavy atom. The van der Waals surface area contributed by atoms with E-state index in [-0.39, 0.29) is 5.41 Å². The minimum atomic E-state index is 0.218. The van der Waals surface area contributed by atoms with Crippen molar-refractivity contribution in [3.05, 3.63) is 59.7 Å². The van der Waals surface area contributed by atoms with E-state index < -0.39 is 0 Å². The van der Waals surface area contributed by atoms with Crippen LogP contribution in [0.25, 0.3) is 0 Å². The maximum absolute atomic E-state index is 12.0. The van der Waals surface area contributed by atoms with Crippen LogP contribution in [0.4, 0.5) is 0 Å². The highest BCUT2D eigenvalue weighted by atomic mass is 16.1. The minimum absolute atomic E-state index is 0.218. The fraction of sp³-hybridized carbons (Fsp3) is 0.621. The van der Waals surface area contributed by atoms with Crippen molar-refractivity contribution in [1.29, 1.82) is 0 Å². The molecular formula is C29H39NO. The Morgan fingerprint density at radius 2 is 1.87 bits per heavy atom. The molecule has 0 amide bonds. The van der Waals surface area contributed by atoms with Crippen molar-refractivity contribution in [2.24, 2.45) is 40.4 Å². The summed E-state index contributed by atoms with van der Waals surface area (Å²) in [7, 11) is 0. The topological polar surface area (TPSA) is 29.1 Å². The van der Waals surface area contributed by atoms with Crippen LogP contribution < -0.4 is 5.32 Å². The van der Waals surface area contributed by atoms with Crippen molar-refractivity contribution < 1.29 is 4.79 Å². The van der Waals surface area contributed by atoms with E-state index in [0.29, 0.717) is 23.0 Å². The van der Waals surface area contributed by atoms with E-state index in [1.54, 1.807) is 0 Å². The lowest BCUT2D eigenvalue weighted by atomic mass is 9.48. The summed E-state index contributed by atoms with van der Waals surface area (Å²) in [5, 5.41) is 3.74. The Labute approximate surface area is 188 Å². The first-order chi connectivity index (χ1) is 14.9. The number of nitrogens with one attached hydrogen (secondary N) is 1. The highest BCUT2D eigenvalue weighted by molar-refractivity contribution is 5.92. The van der Waals surface area contributed by atoms with Gasteiger partial charge in [-0.25, -0.2) is 0 Å². The van der Waals surface area contributed by atoms with E-state index in [0.717, 1.165) is 43.7 Å². The molecule has 5 rings (SSSR count). The van der Waals surface area contributed by atoms with E-state index in [1.807, 2.05) is 6.08 Å². The maximum Gasteiger partial charge on any atom is 0.156 e. The predicted molar refractivity (Wildman–Crippen MR) is 127 cm³/mol. The molecule has 166 valence electrons. The van der Waals surface area contributed by atoms with Crippen LogP contribution in [0.1, 0.15) is 64.9 Å². The first kappa shape index (κ1) is 21.2.